The van der Waals surface area contributed by atoms with Crippen LogP contribution in [0.25, 0.3) is 0 Å². The van der Waals surface area contributed by atoms with Gasteiger partial charge < -0.3 is 15.4 Å². The van der Waals surface area contributed by atoms with E-state index in [4.69, 9.17) is 4.74 Å². The number of nitrogens with one attached hydrogen (secondary N) is 2. The fraction of sp³-hybridized carbons (Fsp3) is 0.462. The molecule has 1 aliphatic heterocycles. The van der Waals surface area contributed by atoms with Crippen LogP contribution in [0.2, 0.25) is 0 Å². The highest BCUT2D eigenvalue weighted by molar-refractivity contribution is 9.11. The second-order valence-corrected chi connectivity index (χ2v) is 6.22. The van der Waals surface area contributed by atoms with Gasteiger partial charge in [-0.1, -0.05) is 0 Å². The standard InChI is InChI=1S/C13H16Br2N2O2/c1-19-13-10(14)4-8(5-11(13)15)6-16-9-2-3-12(18)17-7-9/h4-5,9,16H,2-3,6-7H2,1H3,(H,17,18). The molecule has 1 aromatic rings. The Labute approximate surface area is 129 Å². The molecule has 1 atom stereocenters. The average molecular weight is 392 g/mol. The summed E-state index contributed by atoms with van der Waals surface area (Å²) in [6, 6.07) is 4.42. The Morgan fingerprint density at radius 2 is 2.11 bits per heavy atom. The molecule has 0 bridgehead atoms. The number of hydrogen-bond donors (Lipinski definition) is 2. The Bertz CT molecular complexity index is 447. The molecule has 2 N–H and O–H groups in total. The molecular formula is C13H16Br2N2O2. The molecule has 1 aromatic carbocycles. The molecule has 104 valence electrons. The topological polar surface area (TPSA) is 50.4 Å². The highest BCUT2D eigenvalue weighted by Crippen LogP contribution is 2.34. The van der Waals surface area contributed by atoms with E-state index in [0.29, 0.717) is 19.0 Å². The van der Waals surface area contributed by atoms with Crippen molar-refractivity contribution < 1.29 is 9.53 Å². The van der Waals surface area contributed by atoms with Crippen molar-refractivity contribution in [2.24, 2.45) is 0 Å². The van der Waals surface area contributed by atoms with Crippen molar-refractivity contribution >= 4 is 37.8 Å². The average Bonchev–Trinajstić information content (AvgIpc) is 2.38. The van der Waals surface area contributed by atoms with Crippen molar-refractivity contribution in [3.63, 3.8) is 0 Å². The predicted molar refractivity (Wildman–Crippen MR) is 81.3 cm³/mol. The van der Waals surface area contributed by atoms with Crippen LogP contribution in [0.5, 0.6) is 5.75 Å². The molecule has 2 rings (SSSR count). The first-order valence-electron chi connectivity index (χ1n) is 6.12. The quantitative estimate of drug-likeness (QED) is 0.829. The maximum Gasteiger partial charge on any atom is 0.220 e. The molecule has 6 heteroatoms. The van der Waals surface area contributed by atoms with Crippen LogP contribution in [0.1, 0.15) is 18.4 Å². The van der Waals surface area contributed by atoms with Gasteiger partial charge in [0.2, 0.25) is 5.91 Å². The first-order valence-corrected chi connectivity index (χ1v) is 7.70. The van der Waals surface area contributed by atoms with Crippen molar-refractivity contribution in [3.05, 3.63) is 26.6 Å². The van der Waals surface area contributed by atoms with Gasteiger partial charge in [-0.25, -0.2) is 0 Å². The molecule has 1 aliphatic rings. The van der Waals surface area contributed by atoms with Crippen molar-refractivity contribution in [2.75, 3.05) is 13.7 Å². The van der Waals surface area contributed by atoms with Crippen LogP contribution < -0.4 is 15.4 Å². The smallest absolute Gasteiger partial charge is 0.220 e. The van der Waals surface area contributed by atoms with E-state index in [9.17, 15) is 4.79 Å². The van der Waals surface area contributed by atoms with Crippen LogP contribution in [0, 0.1) is 0 Å². The Morgan fingerprint density at radius 3 is 2.63 bits per heavy atom. The zero-order valence-electron chi connectivity index (χ0n) is 10.6. The molecule has 19 heavy (non-hydrogen) atoms. The second kappa shape index (κ2) is 6.72. The summed E-state index contributed by atoms with van der Waals surface area (Å²) in [5, 5.41) is 6.32. The molecule has 1 fully saturated rings. The maximum atomic E-state index is 11.1. The van der Waals surface area contributed by atoms with E-state index in [2.05, 4.69) is 42.5 Å². The molecule has 1 saturated heterocycles. The van der Waals surface area contributed by atoms with Crippen molar-refractivity contribution in [1.29, 1.82) is 0 Å². The second-order valence-electron chi connectivity index (χ2n) is 4.51. The van der Waals surface area contributed by atoms with E-state index < -0.39 is 0 Å². The summed E-state index contributed by atoms with van der Waals surface area (Å²) in [6.45, 7) is 1.47. The summed E-state index contributed by atoms with van der Waals surface area (Å²) in [4.78, 5) is 11.1. The summed E-state index contributed by atoms with van der Waals surface area (Å²) < 4.78 is 7.13. The normalized spacial score (nSPS) is 19.1. The number of halogens is 2. The Balaban J connectivity index is 1.94. The van der Waals surface area contributed by atoms with E-state index >= 15 is 0 Å². The fourth-order valence-electron chi connectivity index (χ4n) is 2.08. The third-order valence-corrected chi connectivity index (χ3v) is 4.30. The lowest BCUT2D eigenvalue weighted by Crippen LogP contribution is -2.45. The fourth-order valence-corrected chi connectivity index (χ4v) is 3.68. The lowest BCUT2D eigenvalue weighted by Gasteiger charge is -2.23. The van der Waals surface area contributed by atoms with Crippen LogP contribution in [0.15, 0.2) is 21.1 Å². The number of hydrogen-bond acceptors (Lipinski definition) is 3. The number of carbonyl (C=O) groups is 1. The molecule has 1 unspecified atom stereocenters. The van der Waals surface area contributed by atoms with Gasteiger partial charge in [0.25, 0.3) is 0 Å². The number of carbonyl (C=O) groups excluding carboxylic acids is 1. The number of rotatable bonds is 4. The van der Waals surface area contributed by atoms with Crippen LogP contribution in [-0.2, 0) is 11.3 Å². The lowest BCUT2D eigenvalue weighted by molar-refractivity contribution is -0.122. The van der Waals surface area contributed by atoms with E-state index in [0.717, 1.165) is 33.2 Å². The Hall–Kier alpha value is -0.590. The van der Waals surface area contributed by atoms with Crippen LogP contribution in [0.4, 0.5) is 0 Å². The first kappa shape index (κ1) is 14.8. The summed E-state index contributed by atoms with van der Waals surface area (Å²) in [6.07, 6.45) is 1.50. The van der Waals surface area contributed by atoms with Gasteiger partial charge in [-0.15, -0.1) is 0 Å². The minimum atomic E-state index is 0.146. The number of methoxy groups -OCH3 is 1. The predicted octanol–water partition coefficient (Wildman–Crippen LogP) is 2.59. The van der Waals surface area contributed by atoms with Crippen molar-refractivity contribution in [3.8, 4) is 5.75 Å². The van der Waals surface area contributed by atoms with Gasteiger partial charge in [0.15, 0.2) is 0 Å². The van der Waals surface area contributed by atoms with Crippen LogP contribution in [-0.4, -0.2) is 25.6 Å². The molecule has 1 heterocycles. The number of amides is 1. The number of piperidine rings is 1. The van der Waals surface area contributed by atoms with E-state index in [1.54, 1.807) is 7.11 Å². The van der Waals surface area contributed by atoms with Gasteiger partial charge in [-0.05, 0) is 56.0 Å². The molecular weight excluding hydrogens is 376 g/mol. The molecule has 4 nitrogen and oxygen atoms in total. The minimum Gasteiger partial charge on any atom is -0.494 e. The Kier molecular flexibility index (Phi) is 5.24. The molecule has 0 aromatic heterocycles. The SMILES string of the molecule is COc1c(Br)cc(CNC2CCC(=O)NC2)cc1Br. The van der Waals surface area contributed by atoms with Crippen LogP contribution >= 0.6 is 31.9 Å². The van der Waals surface area contributed by atoms with Gasteiger partial charge in [-0.2, -0.15) is 0 Å². The van der Waals surface area contributed by atoms with Crippen molar-refractivity contribution in [2.45, 2.75) is 25.4 Å². The first-order chi connectivity index (χ1) is 9.10. The van der Waals surface area contributed by atoms with E-state index in [1.165, 1.54) is 0 Å². The van der Waals surface area contributed by atoms with Crippen molar-refractivity contribution in [1.82, 2.24) is 10.6 Å². The molecule has 1 amide bonds. The molecule has 0 radical (unpaired) electrons. The molecule has 0 spiro atoms. The van der Waals surface area contributed by atoms with Gasteiger partial charge in [0.1, 0.15) is 5.75 Å². The van der Waals surface area contributed by atoms with Gasteiger partial charge in [0.05, 0.1) is 16.1 Å². The monoisotopic (exact) mass is 390 g/mol. The van der Waals surface area contributed by atoms with Crippen LogP contribution in [0.3, 0.4) is 0 Å². The molecule has 0 saturated carbocycles. The highest BCUT2D eigenvalue weighted by atomic mass is 79.9. The minimum absolute atomic E-state index is 0.146. The summed E-state index contributed by atoms with van der Waals surface area (Å²) in [5.74, 6) is 0.946. The lowest BCUT2D eigenvalue weighted by atomic mass is 10.1. The zero-order chi connectivity index (χ0) is 13.8. The number of ether oxygens (including phenoxy) is 1. The Morgan fingerprint density at radius 1 is 1.42 bits per heavy atom. The van der Waals surface area contributed by atoms with Gasteiger partial charge in [0, 0.05) is 25.6 Å². The highest BCUT2D eigenvalue weighted by Gasteiger charge is 2.17. The molecule has 0 aliphatic carbocycles. The summed E-state index contributed by atoms with van der Waals surface area (Å²) in [5.41, 5.74) is 1.16. The summed E-state index contributed by atoms with van der Waals surface area (Å²) in [7, 11) is 1.65. The van der Waals surface area contributed by atoms with E-state index in [1.807, 2.05) is 12.1 Å². The third-order valence-electron chi connectivity index (χ3n) is 3.12. The van der Waals surface area contributed by atoms with E-state index in [-0.39, 0.29) is 5.91 Å². The van der Waals surface area contributed by atoms with Gasteiger partial charge in [-0.3, -0.25) is 4.79 Å². The zero-order valence-corrected chi connectivity index (χ0v) is 13.8. The number of benzene rings is 1. The third kappa shape index (κ3) is 3.94. The maximum absolute atomic E-state index is 11.1. The largest absolute Gasteiger partial charge is 0.494 e. The van der Waals surface area contributed by atoms with Gasteiger partial charge >= 0.3 is 0 Å². The summed E-state index contributed by atoms with van der Waals surface area (Å²) >= 11 is 6.98.